The molecule has 2 nitrogen and oxygen atoms in total. The summed E-state index contributed by atoms with van der Waals surface area (Å²) >= 11 is 0. The van der Waals surface area contributed by atoms with Crippen LogP contribution < -0.4 is 0 Å². The highest BCUT2D eigenvalue weighted by atomic mass is 15.3. The van der Waals surface area contributed by atoms with Crippen molar-refractivity contribution in [2.75, 3.05) is 26.2 Å². The van der Waals surface area contributed by atoms with E-state index in [1.54, 1.807) is 0 Å². The maximum Gasteiger partial charge on any atom is 0.0252 e. The quantitative estimate of drug-likeness (QED) is 0.666. The van der Waals surface area contributed by atoms with E-state index in [4.69, 9.17) is 0 Å². The maximum atomic E-state index is 2.70. The van der Waals surface area contributed by atoms with Crippen molar-refractivity contribution < 1.29 is 0 Å². The van der Waals surface area contributed by atoms with Crippen LogP contribution in [0.5, 0.6) is 0 Å². The molecule has 0 unspecified atom stereocenters. The fourth-order valence-electron chi connectivity index (χ4n) is 3.32. The minimum atomic E-state index is 0.877. The molecule has 0 spiro atoms. The largest absolute Gasteiger partial charge is 0.298 e. The van der Waals surface area contributed by atoms with E-state index >= 15 is 0 Å². The number of rotatable bonds is 2. The Hall–Kier alpha value is -0.0800. The van der Waals surface area contributed by atoms with E-state index in [0.29, 0.717) is 0 Å². The Bertz CT molecular complexity index is 161. The normalized spacial score (nSPS) is 35.6. The molecular formula is C12H24N2. The summed E-state index contributed by atoms with van der Waals surface area (Å²) in [6.45, 7) is 9.72. The van der Waals surface area contributed by atoms with Gasteiger partial charge in [-0.2, -0.15) is 0 Å². The molecule has 82 valence electrons. The molecule has 1 aliphatic heterocycles. The van der Waals surface area contributed by atoms with Crippen LogP contribution in [0.4, 0.5) is 0 Å². The number of likely N-dealkylation sites (N-methyl/N-ethyl adjacent to an activating group) is 2. The van der Waals surface area contributed by atoms with E-state index in [2.05, 4.69) is 23.6 Å². The molecular weight excluding hydrogens is 172 g/mol. The van der Waals surface area contributed by atoms with E-state index in [1.165, 1.54) is 51.9 Å². The molecule has 0 radical (unpaired) electrons. The summed E-state index contributed by atoms with van der Waals surface area (Å²) in [4.78, 5) is 5.41. The van der Waals surface area contributed by atoms with Crippen LogP contribution >= 0.6 is 0 Å². The van der Waals surface area contributed by atoms with Crippen LogP contribution in [0.1, 0.15) is 39.5 Å². The summed E-state index contributed by atoms with van der Waals surface area (Å²) in [7, 11) is 0. The Morgan fingerprint density at radius 1 is 0.857 bits per heavy atom. The minimum absolute atomic E-state index is 0.877. The fourth-order valence-corrected chi connectivity index (χ4v) is 3.32. The molecule has 2 aliphatic rings. The van der Waals surface area contributed by atoms with Gasteiger partial charge in [0.05, 0.1) is 0 Å². The standard InChI is InChI=1S/C12H24N2/c1-3-13-9-10-14(4-2)12-8-6-5-7-11(12)13/h11-12H,3-10H2,1-2H3/t11-,12-/m0/s1. The van der Waals surface area contributed by atoms with Crippen LogP contribution in [-0.2, 0) is 0 Å². The van der Waals surface area contributed by atoms with E-state index in [-0.39, 0.29) is 0 Å². The van der Waals surface area contributed by atoms with Gasteiger partial charge in [-0.05, 0) is 25.9 Å². The monoisotopic (exact) mass is 196 g/mol. The smallest absolute Gasteiger partial charge is 0.0252 e. The van der Waals surface area contributed by atoms with Gasteiger partial charge in [-0.1, -0.05) is 26.7 Å². The molecule has 0 aromatic carbocycles. The van der Waals surface area contributed by atoms with Crippen molar-refractivity contribution in [3.63, 3.8) is 0 Å². The average Bonchev–Trinajstić information content (AvgIpc) is 2.27. The van der Waals surface area contributed by atoms with Gasteiger partial charge in [0, 0.05) is 25.2 Å². The molecule has 1 aliphatic carbocycles. The fraction of sp³-hybridized carbons (Fsp3) is 1.00. The minimum Gasteiger partial charge on any atom is -0.298 e. The number of hydrogen-bond acceptors (Lipinski definition) is 2. The zero-order chi connectivity index (χ0) is 9.97. The number of hydrogen-bond donors (Lipinski definition) is 0. The summed E-state index contributed by atoms with van der Waals surface area (Å²) in [6, 6.07) is 1.75. The van der Waals surface area contributed by atoms with Gasteiger partial charge in [-0.25, -0.2) is 0 Å². The lowest BCUT2D eigenvalue weighted by atomic mass is 9.86. The second kappa shape index (κ2) is 4.63. The summed E-state index contributed by atoms with van der Waals surface area (Å²) in [5.41, 5.74) is 0. The summed E-state index contributed by atoms with van der Waals surface area (Å²) in [5, 5.41) is 0. The van der Waals surface area contributed by atoms with Crippen molar-refractivity contribution in [3.8, 4) is 0 Å². The Kier molecular flexibility index (Phi) is 3.45. The van der Waals surface area contributed by atoms with Gasteiger partial charge >= 0.3 is 0 Å². The van der Waals surface area contributed by atoms with Gasteiger partial charge in [0.2, 0.25) is 0 Å². The number of nitrogens with zero attached hydrogens (tertiary/aromatic N) is 2. The molecule has 1 heterocycles. The molecule has 2 rings (SSSR count). The summed E-state index contributed by atoms with van der Waals surface area (Å²) in [6.07, 6.45) is 5.79. The van der Waals surface area contributed by atoms with Crippen molar-refractivity contribution in [1.82, 2.24) is 9.80 Å². The zero-order valence-corrected chi connectivity index (χ0v) is 9.71. The van der Waals surface area contributed by atoms with Crippen molar-refractivity contribution >= 4 is 0 Å². The van der Waals surface area contributed by atoms with Crippen molar-refractivity contribution in [3.05, 3.63) is 0 Å². The SMILES string of the molecule is CCN1CCN(CC)[C@H]2CCCC[C@@H]21. The van der Waals surface area contributed by atoms with Crippen LogP contribution in [0, 0.1) is 0 Å². The molecule has 2 atom stereocenters. The zero-order valence-electron chi connectivity index (χ0n) is 9.71. The Balaban J connectivity index is 2.05. The lowest BCUT2D eigenvalue weighted by molar-refractivity contribution is 0.00177. The highest BCUT2D eigenvalue weighted by molar-refractivity contribution is 4.93. The van der Waals surface area contributed by atoms with Gasteiger partial charge in [-0.3, -0.25) is 9.80 Å². The third-order valence-corrected chi connectivity index (χ3v) is 4.12. The first-order chi connectivity index (χ1) is 6.86. The molecule has 0 aromatic rings. The molecule has 0 amide bonds. The topological polar surface area (TPSA) is 6.48 Å². The van der Waals surface area contributed by atoms with E-state index in [9.17, 15) is 0 Å². The van der Waals surface area contributed by atoms with Crippen LogP contribution in [0.15, 0.2) is 0 Å². The van der Waals surface area contributed by atoms with Gasteiger partial charge in [0.25, 0.3) is 0 Å². The molecule has 0 bridgehead atoms. The average molecular weight is 196 g/mol. The van der Waals surface area contributed by atoms with E-state index in [0.717, 1.165) is 12.1 Å². The Morgan fingerprint density at radius 2 is 1.29 bits per heavy atom. The Morgan fingerprint density at radius 3 is 1.64 bits per heavy atom. The predicted octanol–water partition coefficient (Wildman–Crippen LogP) is 1.95. The van der Waals surface area contributed by atoms with Crippen LogP contribution in [0.25, 0.3) is 0 Å². The first kappa shape index (κ1) is 10.4. The van der Waals surface area contributed by atoms with Gasteiger partial charge in [-0.15, -0.1) is 0 Å². The van der Waals surface area contributed by atoms with E-state index < -0.39 is 0 Å². The molecule has 0 N–H and O–H groups in total. The highest BCUT2D eigenvalue weighted by Crippen LogP contribution is 2.29. The van der Waals surface area contributed by atoms with Gasteiger partial charge < -0.3 is 0 Å². The number of piperazine rings is 1. The van der Waals surface area contributed by atoms with Crippen LogP contribution in [0.2, 0.25) is 0 Å². The van der Waals surface area contributed by atoms with Crippen LogP contribution in [-0.4, -0.2) is 48.1 Å². The van der Waals surface area contributed by atoms with Crippen LogP contribution in [0.3, 0.4) is 0 Å². The second-order valence-corrected chi connectivity index (χ2v) is 4.68. The maximum absolute atomic E-state index is 2.70. The molecule has 0 aromatic heterocycles. The summed E-state index contributed by atoms with van der Waals surface area (Å²) in [5.74, 6) is 0. The van der Waals surface area contributed by atoms with Crippen molar-refractivity contribution in [2.24, 2.45) is 0 Å². The molecule has 1 saturated carbocycles. The molecule has 1 saturated heterocycles. The Labute approximate surface area is 88.3 Å². The molecule has 14 heavy (non-hydrogen) atoms. The first-order valence-electron chi connectivity index (χ1n) is 6.35. The summed E-state index contributed by atoms with van der Waals surface area (Å²) < 4.78 is 0. The molecule has 2 heteroatoms. The lowest BCUT2D eigenvalue weighted by Gasteiger charge is -2.49. The van der Waals surface area contributed by atoms with E-state index in [1.807, 2.05) is 0 Å². The third-order valence-electron chi connectivity index (χ3n) is 4.12. The first-order valence-corrected chi connectivity index (χ1v) is 6.35. The third kappa shape index (κ3) is 1.82. The highest BCUT2D eigenvalue weighted by Gasteiger charge is 2.36. The molecule has 2 fully saturated rings. The van der Waals surface area contributed by atoms with Crippen molar-refractivity contribution in [2.45, 2.75) is 51.6 Å². The van der Waals surface area contributed by atoms with Gasteiger partial charge in [0.15, 0.2) is 0 Å². The number of fused-ring (bicyclic) bond motifs is 1. The lowest BCUT2D eigenvalue weighted by Crippen LogP contribution is -2.60. The predicted molar refractivity (Wildman–Crippen MR) is 60.5 cm³/mol. The second-order valence-electron chi connectivity index (χ2n) is 4.68. The van der Waals surface area contributed by atoms with Crippen molar-refractivity contribution in [1.29, 1.82) is 0 Å². The van der Waals surface area contributed by atoms with Gasteiger partial charge in [0.1, 0.15) is 0 Å².